The Kier molecular flexibility index (Phi) is 5.61. The van der Waals surface area contributed by atoms with Crippen molar-refractivity contribution in [2.75, 3.05) is 10.6 Å². The minimum absolute atomic E-state index is 0.270. The average molecular weight is 388 g/mol. The third-order valence-electron chi connectivity index (χ3n) is 3.56. The fourth-order valence-corrected chi connectivity index (χ4v) is 2.50. The lowest BCUT2D eigenvalue weighted by atomic mass is 10.2. The fraction of sp³-hybridized carbons (Fsp3) is 0.0500. The molecule has 0 atom stereocenters. The zero-order valence-electron chi connectivity index (χ0n) is 14.0. The molecule has 138 valence electrons. The van der Waals surface area contributed by atoms with Crippen LogP contribution >= 0.6 is 12.2 Å². The molecule has 3 aromatic carbocycles. The molecule has 27 heavy (non-hydrogen) atoms. The highest BCUT2D eigenvalue weighted by Gasteiger charge is 2.29. The number of benzene rings is 3. The van der Waals surface area contributed by atoms with Gasteiger partial charge in [0.1, 0.15) is 11.5 Å². The van der Waals surface area contributed by atoms with E-state index in [1.807, 2.05) is 30.3 Å². The van der Waals surface area contributed by atoms with Crippen molar-refractivity contribution < 1.29 is 17.9 Å². The lowest BCUT2D eigenvalue weighted by Crippen LogP contribution is -2.19. The molecule has 0 bridgehead atoms. The largest absolute Gasteiger partial charge is 0.457 e. The van der Waals surface area contributed by atoms with Crippen molar-refractivity contribution in [3.05, 3.63) is 84.4 Å². The van der Waals surface area contributed by atoms with Gasteiger partial charge in [-0.05, 0) is 72.9 Å². The van der Waals surface area contributed by atoms with Crippen LogP contribution in [0.3, 0.4) is 0 Å². The molecular formula is C20H15F3N2OS. The van der Waals surface area contributed by atoms with Crippen LogP contribution in [-0.4, -0.2) is 5.11 Å². The van der Waals surface area contributed by atoms with Crippen molar-refractivity contribution >= 4 is 28.7 Å². The Morgan fingerprint density at radius 2 is 1.19 bits per heavy atom. The maximum atomic E-state index is 12.6. The summed E-state index contributed by atoms with van der Waals surface area (Å²) in [5, 5.41) is 6.08. The first-order valence-electron chi connectivity index (χ1n) is 7.98. The van der Waals surface area contributed by atoms with Gasteiger partial charge in [0.15, 0.2) is 5.11 Å². The molecule has 3 nitrogen and oxygen atoms in total. The predicted octanol–water partition coefficient (Wildman–Crippen LogP) is 6.31. The van der Waals surface area contributed by atoms with E-state index in [-0.39, 0.29) is 5.11 Å². The normalized spacial score (nSPS) is 10.9. The first-order valence-corrected chi connectivity index (χ1v) is 8.39. The predicted molar refractivity (Wildman–Crippen MR) is 104 cm³/mol. The number of nitrogens with one attached hydrogen (secondary N) is 2. The summed E-state index contributed by atoms with van der Waals surface area (Å²) in [6, 6.07) is 21.2. The number of alkyl halides is 3. The summed E-state index contributed by atoms with van der Waals surface area (Å²) in [5.74, 6) is 1.41. The molecular weight excluding hydrogens is 373 g/mol. The van der Waals surface area contributed by atoms with Gasteiger partial charge in [-0.3, -0.25) is 0 Å². The molecule has 0 aliphatic carbocycles. The summed E-state index contributed by atoms with van der Waals surface area (Å²) in [4.78, 5) is 0. The Morgan fingerprint density at radius 1 is 0.704 bits per heavy atom. The van der Waals surface area contributed by atoms with E-state index in [1.54, 1.807) is 24.3 Å². The SMILES string of the molecule is FC(F)(F)c1ccc(NC(=S)Nc2ccc(Oc3ccccc3)cc2)cc1. The van der Waals surface area contributed by atoms with Crippen LogP contribution < -0.4 is 15.4 Å². The first-order chi connectivity index (χ1) is 12.9. The maximum absolute atomic E-state index is 12.6. The van der Waals surface area contributed by atoms with E-state index in [2.05, 4.69) is 10.6 Å². The van der Waals surface area contributed by atoms with E-state index in [9.17, 15) is 13.2 Å². The van der Waals surface area contributed by atoms with Gasteiger partial charge in [0, 0.05) is 11.4 Å². The molecule has 0 aliphatic heterocycles. The molecule has 0 heterocycles. The smallest absolute Gasteiger partial charge is 0.416 e. The number of para-hydroxylation sites is 1. The van der Waals surface area contributed by atoms with Crippen LogP contribution in [-0.2, 0) is 6.18 Å². The van der Waals surface area contributed by atoms with Gasteiger partial charge < -0.3 is 15.4 Å². The van der Waals surface area contributed by atoms with Crippen LogP contribution in [0, 0.1) is 0 Å². The quantitative estimate of drug-likeness (QED) is 0.514. The average Bonchev–Trinajstić information content (AvgIpc) is 2.64. The number of rotatable bonds is 4. The highest BCUT2D eigenvalue weighted by Crippen LogP contribution is 2.30. The molecule has 2 N–H and O–H groups in total. The van der Waals surface area contributed by atoms with E-state index in [1.165, 1.54) is 12.1 Å². The Hall–Kier alpha value is -3.06. The topological polar surface area (TPSA) is 33.3 Å². The minimum atomic E-state index is -4.36. The van der Waals surface area contributed by atoms with Crippen LogP contribution in [0.1, 0.15) is 5.56 Å². The molecule has 0 aliphatic rings. The summed E-state index contributed by atoms with van der Waals surface area (Å²) in [7, 11) is 0. The Bertz CT molecular complexity index is 895. The summed E-state index contributed by atoms with van der Waals surface area (Å²) >= 11 is 5.19. The van der Waals surface area contributed by atoms with Crippen molar-refractivity contribution in [1.82, 2.24) is 0 Å². The van der Waals surface area contributed by atoms with Gasteiger partial charge in [-0.2, -0.15) is 13.2 Å². The van der Waals surface area contributed by atoms with Gasteiger partial charge in [0.2, 0.25) is 0 Å². The molecule has 0 amide bonds. The zero-order chi connectivity index (χ0) is 19.3. The van der Waals surface area contributed by atoms with Crippen LogP contribution in [0.4, 0.5) is 24.5 Å². The van der Waals surface area contributed by atoms with Crippen LogP contribution in [0.15, 0.2) is 78.9 Å². The van der Waals surface area contributed by atoms with Crippen LogP contribution in [0.25, 0.3) is 0 Å². The van der Waals surface area contributed by atoms with E-state index in [4.69, 9.17) is 17.0 Å². The van der Waals surface area contributed by atoms with E-state index in [0.29, 0.717) is 11.4 Å². The van der Waals surface area contributed by atoms with Gasteiger partial charge in [0.05, 0.1) is 5.56 Å². The van der Waals surface area contributed by atoms with Crippen molar-refractivity contribution in [1.29, 1.82) is 0 Å². The number of hydrogen-bond donors (Lipinski definition) is 2. The molecule has 0 fully saturated rings. The molecule has 3 rings (SSSR count). The first kappa shape index (κ1) is 18.7. The van der Waals surface area contributed by atoms with Crippen molar-refractivity contribution in [3.63, 3.8) is 0 Å². The lowest BCUT2D eigenvalue weighted by Gasteiger charge is -2.12. The van der Waals surface area contributed by atoms with Crippen molar-refractivity contribution in [2.45, 2.75) is 6.18 Å². The van der Waals surface area contributed by atoms with Crippen LogP contribution in [0.5, 0.6) is 11.5 Å². The van der Waals surface area contributed by atoms with Crippen molar-refractivity contribution in [3.8, 4) is 11.5 Å². The second-order valence-corrected chi connectivity index (χ2v) is 6.00. The van der Waals surface area contributed by atoms with E-state index in [0.717, 1.165) is 23.6 Å². The highest BCUT2D eigenvalue weighted by atomic mass is 32.1. The molecule has 0 saturated carbocycles. The zero-order valence-corrected chi connectivity index (χ0v) is 14.8. The summed E-state index contributed by atoms with van der Waals surface area (Å²) in [6.45, 7) is 0. The molecule has 0 spiro atoms. The third-order valence-corrected chi connectivity index (χ3v) is 3.77. The second kappa shape index (κ2) is 8.09. The highest BCUT2D eigenvalue weighted by molar-refractivity contribution is 7.80. The van der Waals surface area contributed by atoms with Gasteiger partial charge in [-0.1, -0.05) is 18.2 Å². The number of hydrogen-bond acceptors (Lipinski definition) is 2. The molecule has 0 aromatic heterocycles. The summed E-state index contributed by atoms with van der Waals surface area (Å²) < 4.78 is 43.4. The Labute approximate surface area is 159 Å². The lowest BCUT2D eigenvalue weighted by molar-refractivity contribution is -0.137. The Balaban J connectivity index is 1.56. The van der Waals surface area contributed by atoms with Gasteiger partial charge in [-0.15, -0.1) is 0 Å². The van der Waals surface area contributed by atoms with Gasteiger partial charge in [-0.25, -0.2) is 0 Å². The maximum Gasteiger partial charge on any atom is 0.416 e. The molecule has 7 heteroatoms. The van der Waals surface area contributed by atoms with Crippen molar-refractivity contribution in [2.24, 2.45) is 0 Å². The summed E-state index contributed by atoms with van der Waals surface area (Å²) in [6.07, 6.45) is -4.36. The number of anilines is 2. The van der Waals surface area contributed by atoms with Gasteiger partial charge in [0.25, 0.3) is 0 Å². The second-order valence-electron chi connectivity index (χ2n) is 5.59. The number of halogens is 3. The van der Waals surface area contributed by atoms with Crippen LogP contribution in [0.2, 0.25) is 0 Å². The molecule has 3 aromatic rings. The van der Waals surface area contributed by atoms with E-state index < -0.39 is 11.7 Å². The fourth-order valence-electron chi connectivity index (χ4n) is 2.27. The number of thiocarbonyl (C=S) groups is 1. The molecule has 0 radical (unpaired) electrons. The summed E-state index contributed by atoms with van der Waals surface area (Å²) in [5.41, 5.74) is 0.477. The monoisotopic (exact) mass is 388 g/mol. The number of ether oxygens (including phenoxy) is 1. The molecule has 0 unspecified atom stereocenters. The van der Waals surface area contributed by atoms with Gasteiger partial charge >= 0.3 is 6.18 Å². The standard InChI is InChI=1S/C20H15F3N2OS/c21-20(22,23)14-6-8-15(9-7-14)24-19(27)25-16-10-12-18(13-11-16)26-17-4-2-1-3-5-17/h1-13H,(H2,24,25,27). The molecule has 0 saturated heterocycles. The Morgan fingerprint density at radius 3 is 1.70 bits per heavy atom. The third kappa shape index (κ3) is 5.46. The minimum Gasteiger partial charge on any atom is -0.457 e. The van der Waals surface area contributed by atoms with E-state index >= 15 is 0 Å².